The lowest BCUT2D eigenvalue weighted by atomic mass is 10.1. The molecule has 0 radical (unpaired) electrons. The number of nitrogens with one attached hydrogen (secondary N) is 2. The van der Waals surface area contributed by atoms with E-state index in [2.05, 4.69) is 26.6 Å². The summed E-state index contributed by atoms with van der Waals surface area (Å²) >= 11 is 8.43. The van der Waals surface area contributed by atoms with Crippen molar-refractivity contribution in [2.45, 2.75) is 0 Å². The van der Waals surface area contributed by atoms with Gasteiger partial charge in [-0.1, -0.05) is 28.1 Å². The van der Waals surface area contributed by atoms with Gasteiger partial charge in [0.2, 0.25) is 0 Å². The molecule has 2 rings (SSSR count). The van der Waals surface area contributed by atoms with Crippen molar-refractivity contribution in [1.82, 2.24) is 5.32 Å². The zero-order chi connectivity index (χ0) is 17.7. The normalized spacial score (nSPS) is 9.92. The summed E-state index contributed by atoms with van der Waals surface area (Å²) in [5.41, 5.74) is 6.31. The van der Waals surface area contributed by atoms with Crippen LogP contribution in [0.25, 0.3) is 0 Å². The number of carbonyl (C=O) groups excluding carboxylic acids is 2. The van der Waals surface area contributed by atoms with Crippen LogP contribution >= 0.6 is 28.1 Å². The van der Waals surface area contributed by atoms with Crippen molar-refractivity contribution in [1.29, 1.82) is 0 Å². The van der Waals surface area contributed by atoms with Crippen LogP contribution in [0.15, 0.2) is 46.9 Å². The average molecular weight is 408 g/mol. The number of ether oxygens (including phenoxy) is 1. The van der Waals surface area contributed by atoms with Crippen molar-refractivity contribution in [3.8, 4) is 5.75 Å². The van der Waals surface area contributed by atoms with E-state index in [9.17, 15) is 9.59 Å². The van der Waals surface area contributed by atoms with Gasteiger partial charge in [-0.25, -0.2) is 0 Å². The summed E-state index contributed by atoms with van der Waals surface area (Å²) in [4.78, 5) is 23.8. The van der Waals surface area contributed by atoms with Crippen LogP contribution in [-0.2, 0) is 0 Å². The average Bonchev–Trinajstić information content (AvgIpc) is 2.54. The van der Waals surface area contributed by atoms with Crippen molar-refractivity contribution >= 4 is 50.8 Å². The molecule has 8 heteroatoms. The maximum absolute atomic E-state index is 12.4. The summed E-state index contributed by atoms with van der Waals surface area (Å²) in [6, 6.07) is 11.6. The van der Waals surface area contributed by atoms with E-state index in [0.717, 1.165) is 4.47 Å². The summed E-state index contributed by atoms with van der Waals surface area (Å²) in [5, 5.41) is 5.37. The van der Waals surface area contributed by atoms with Crippen LogP contribution in [-0.4, -0.2) is 24.0 Å². The quantitative estimate of drug-likeness (QED) is 0.677. The monoisotopic (exact) mass is 407 g/mol. The van der Waals surface area contributed by atoms with Crippen LogP contribution in [0, 0.1) is 0 Å². The lowest BCUT2D eigenvalue weighted by Gasteiger charge is -2.13. The minimum atomic E-state index is -0.596. The molecule has 0 aliphatic carbocycles. The number of carbonyl (C=O) groups is 2. The summed E-state index contributed by atoms with van der Waals surface area (Å²) in [6.07, 6.45) is 0. The van der Waals surface area contributed by atoms with Gasteiger partial charge >= 0.3 is 0 Å². The van der Waals surface area contributed by atoms with Crippen LogP contribution in [0.1, 0.15) is 20.7 Å². The van der Waals surface area contributed by atoms with Gasteiger partial charge in [0.05, 0.1) is 23.9 Å². The second-order valence-corrected chi connectivity index (χ2v) is 5.99. The number of amides is 2. The number of rotatable bonds is 4. The zero-order valence-corrected chi connectivity index (χ0v) is 15.0. The first-order chi connectivity index (χ1) is 11.4. The number of hydrogen-bond acceptors (Lipinski definition) is 4. The molecule has 2 amide bonds. The number of thiocarbonyl (C=S) groups is 1. The molecular weight excluding hydrogens is 394 g/mol. The molecular formula is C16H14BrN3O3S. The van der Waals surface area contributed by atoms with Crippen molar-refractivity contribution < 1.29 is 14.3 Å². The summed E-state index contributed by atoms with van der Waals surface area (Å²) in [6.45, 7) is 0. The highest BCUT2D eigenvalue weighted by Gasteiger charge is 2.15. The maximum atomic E-state index is 12.4. The van der Waals surface area contributed by atoms with Crippen molar-refractivity contribution in [3.63, 3.8) is 0 Å². The third-order valence-electron chi connectivity index (χ3n) is 3.07. The highest BCUT2D eigenvalue weighted by molar-refractivity contribution is 9.10. The second-order valence-electron chi connectivity index (χ2n) is 4.66. The highest BCUT2D eigenvalue weighted by atomic mass is 79.9. The Bertz CT molecular complexity index is 811. The molecule has 0 heterocycles. The minimum Gasteiger partial charge on any atom is -0.496 e. The van der Waals surface area contributed by atoms with Gasteiger partial charge in [0.25, 0.3) is 11.8 Å². The fourth-order valence-electron chi connectivity index (χ4n) is 1.99. The Balaban J connectivity index is 2.15. The number of benzene rings is 2. The number of anilines is 1. The second kappa shape index (κ2) is 7.89. The first-order valence-electron chi connectivity index (χ1n) is 6.77. The van der Waals surface area contributed by atoms with Gasteiger partial charge in [0.1, 0.15) is 5.75 Å². The van der Waals surface area contributed by atoms with Gasteiger partial charge in [-0.05, 0) is 42.5 Å². The Morgan fingerprint density at radius 3 is 2.54 bits per heavy atom. The van der Waals surface area contributed by atoms with E-state index in [-0.39, 0.29) is 10.7 Å². The molecule has 0 fully saturated rings. The molecule has 0 aromatic heterocycles. The molecule has 4 N–H and O–H groups in total. The fraction of sp³-hybridized carbons (Fsp3) is 0.0625. The molecule has 2 aromatic rings. The van der Waals surface area contributed by atoms with Gasteiger partial charge in [0.15, 0.2) is 5.11 Å². The number of primary amides is 1. The maximum Gasteiger partial charge on any atom is 0.261 e. The summed E-state index contributed by atoms with van der Waals surface area (Å²) in [7, 11) is 1.47. The summed E-state index contributed by atoms with van der Waals surface area (Å²) in [5.74, 6) is -0.626. The number of nitrogens with two attached hydrogens (primary N) is 1. The van der Waals surface area contributed by atoms with Crippen LogP contribution in [0.5, 0.6) is 5.75 Å². The smallest absolute Gasteiger partial charge is 0.261 e. The molecule has 0 atom stereocenters. The SMILES string of the molecule is COc1ccc(Br)cc1C(=O)NC(=S)Nc1ccccc1C(N)=O. The van der Waals surface area contributed by atoms with E-state index < -0.39 is 11.8 Å². The van der Waals surface area contributed by atoms with E-state index in [1.54, 1.807) is 42.5 Å². The molecule has 0 bridgehead atoms. The Hall–Kier alpha value is -2.45. The molecule has 0 saturated carbocycles. The predicted octanol–water partition coefficient (Wildman–Crippen LogP) is 2.68. The number of para-hydroxylation sites is 1. The molecule has 6 nitrogen and oxygen atoms in total. The van der Waals surface area contributed by atoms with Gasteiger partial charge in [-0.3, -0.25) is 14.9 Å². The third kappa shape index (κ3) is 4.30. The van der Waals surface area contributed by atoms with E-state index in [4.69, 9.17) is 22.7 Å². The Labute approximate surface area is 152 Å². The number of hydrogen-bond donors (Lipinski definition) is 3. The third-order valence-corrected chi connectivity index (χ3v) is 3.77. The Morgan fingerprint density at radius 2 is 1.88 bits per heavy atom. The van der Waals surface area contributed by atoms with Gasteiger partial charge in [0, 0.05) is 4.47 Å². The predicted molar refractivity (Wildman–Crippen MR) is 99.3 cm³/mol. The van der Waals surface area contributed by atoms with E-state index in [0.29, 0.717) is 17.0 Å². The molecule has 0 spiro atoms. The number of methoxy groups -OCH3 is 1. The Kier molecular flexibility index (Phi) is 5.88. The van der Waals surface area contributed by atoms with Crippen LogP contribution in [0.4, 0.5) is 5.69 Å². The number of halogens is 1. The van der Waals surface area contributed by atoms with Gasteiger partial charge in [-0.15, -0.1) is 0 Å². The molecule has 0 unspecified atom stereocenters. The topological polar surface area (TPSA) is 93.4 Å². The lowest BCUT2D eigenvalue weighted by Crippen LogP contribution is -2.35. The first-order valence-corrected chi connectivity index (χ1v) is 7.97. The molecule has 2 aromatic carbocycles. The standard InChI is InChI=1S/C16H14BrN3O3S/c1-23-13-7-6-9(17)8-11(13)15(22)20-16(24)19-12-5-3-2-4-10(12)14(18)21/h2-8H,1H3,(H2,18,21)(H2,19,20,22,24). The zero-order valence-electron chi connectivity index (χ0n) is 12.6. The van der Waals surface area contributed by atoms with Crippen LogP contribution < -0.4 is 21.1 Å². The molecule has 124 valence electrons. The van der Waals surface area contributed by atoms with E-state index in [1.165, 1.54) is 7.11 Å². The highest BCUT2D eigenvalue weighted by Crippen LogP contribution is 2.23. The lowest BCUT2D eigenvalue weighted by molar-refractivity contribution is 0.0972. The van der Waals surface area contributed by atoms with Crippen molar-refractivity contribution in [2.24, 2.45) is 5.73 Å². The van der Waals surface area contributed by atoms with Crippen LogP contribution in [0.3, 0.4) is 0 Å². The van der Waals surface area contributed by atoms with Gasteiger partial charge < -0.3 is 15.8 Å². The fourth-order valence-corrected chi connectivity index (χ4v) is 2.55. The molecule has 0 saturated heterocycles. The molecule has 0 aliphatic heterocycles. The summed E-state index contributed by atoms with van der Waals surface area (Å²) < 4.78 is 5.89. The minimum absolute atomic E-state index is 0.0377. The van der Waals surface area contributed by atoms with Crippen molar-refractivity contribution in [3.05, 3.63) is 58.1 Å². The van der Waals surface area contributed by atoms with Gasteiger partial charge in [-0.2, -0.15) is 0 Å². The van der Waals surface area contributed by atoms with E-state index >= 15 is 0 Å². The van der Waals surface area contributed by atoms with E-state index in [1.807, 2.05) is 0 Å². The first kappa shape index (κ1) is 17.9. The van der Waals surface area contributed by atoms with Crippen molar-refractivity contribution in [2.75, 3.05) is 12.4 Å². The Morgan fingerprint density at radius 1 is 1.17 bits per heavy atom. The molecule has 0 aliphatic rings. The molecule has 24 heavy (non-hydrogen) atoms. The largest absolute Gasteiger partial charge is 0.496 e. The van der Waals surface area contributed by atoms with Crippen LogP contribution in [0.2, 0.25) is 0 Å².